The third kappa shape index (κ3) is 2.56. The van der Waals surface area contributed by atoms with Crippen molar-refractivity contribution in [1.29, 1.82) is 0 Å². The zero-order chi connectivity index (χ0) is 13.3. The van der Waals surface area contributed by atoms with Gasteiger partial charge in [0.05, 0.1) is 5.69 Å². The molecule has 5 nitrogen and oxygen atoms in total. The first kappa shape index (κ1) is 13.1. The van der Waals surface area contributed by atoms with Crippen LogP contribution in [-0.4, -0.2) is 45.8 Å². The van der Waals surface area contributed by atoms with Gasteiger partial charge in [-0.1, -0.05) is 0 Å². The number of hydrogen-bond donors (Lipinski definition) is 1. The average Bonchev–Trinajstić information content (AvgIpc) is 2.68. The van der Waals surface area contributed by atoms with Crippen molar-refractivity contribution in [3.05, 3.63) is 17.5 Å². The Kier molecular flexibility index (Phi) is 3.43. The Balaban J connectivity index is 2.20. The van der Waals surface area contributed by atoms with Crippen LogP contribution < -0.4 is 5.32 Å². The molecule has 1 saturated heterocycles. The quantitative estimate of drug-likeness (QED) is 0.853. The van der Waals surface area contributed by atoms with Gasteiger partial charge in [-0.2, -0.15) is 5.10 Å². The van der Waals surface area contributed by atoms with E-state index in [1.165, 1.54) is 0 Å². The van der Waals surface area contributed by atoms with E-state index in [2.05, 4.69) is 24.3 Å². The van der Waals surface area contributed by atoms with Gasteiger partial charge in [-0.3, -0.25) is 9.48 Å². The second-order valence-corrected chi connectivity index (χ2v) is 5.52. The fourth-order valence-corrected chi connectivity index (χ4v) is 2.44. The number of carbonyl (C=O) groups is 1. The summed E-state index contributed by atoms with van der Waals surface area (Å²) in [5.41, 5.74) is 1.59. The van der Waals surface area contributed by atoms with Crippen LogP contribution in [0.3, 0.4) is 0 Å². The van der Waals surface area contributed by atoms with Crippen LogP contribution in [0.4, 0.5) is 0 Å². The van der Waals surface area contributed by atoms with Crippen LogP contribution in [0, 0.1) is 6.92 Å². The summed E-state index contributed by atoms with van der Waals surface area (Å²) in [6.07, 6.45) is 0. The number of carbonyl (C=O) groups excluding carboxylic acids is 1. The van der Waals surface area contributed by atoms with E-state index in [0.29, 0.717) is 5.69 Å². The minimum atomic E-state index is -0.0139. The first-order valence-electron chi connectivity index (χ1n) is 6.52. The molecule has 0 radical (unpaired) electrons. The standard InChI is InChI=1S/C13H22N4O/c1-5-17-11(8-10(2)15-17)12(18)16-7-6-14-13(3,4)9-16/h8,14H,5-7,9H2,1-4H3. The van der Waals surface area contributed by atoms with Crippen LogP contribution in [0.1, 0.15) is 37.0 Å². The molecule has 18 heavy (non-hydrogen) atoms. The van der Waals surface area contributed by atoms with E-state index in [0.717, 1.165) is 31.9 Å². The van der Waals surface area contributed by atoms with Crippen molar-refractivity contribution in [3.8, 4) is 0 Å². The van der Waals surface area contributed by atoms with Gasteiger partial charge in [-0.15, -0.1) is 0 Å². The van der Waals surface area contributed by atoms with E-state index in [1.54, 1.807) is 4.68 Å². The smallest absolute Gasteiger partial charge is 0.272 e. The van der Waals surface area contributed by atoms with Gasteiger partial charge in [0.15, 0.2) is 0 Å². The highest BCUT2D eigenvalue weighted by Crippen LogP contribution is 2.14. The molecule has 1 amide bonds. The fraction of sp³-hybridized carbons (Fsp3) is 0.692. The molecular weight excluding hydrogens is 228 g/mol. The van der Waals surface area contributed by atoms with Gasteiger partial charge < -0.3 is 10.2 Å². The minimum absolute atomic E-state index is 0.0139. The summed E-state index contributed by atoms with van der Waals surface area (Å²) in [4.78, 5) is 14.4. The summed E-state index contributed by atoms with van der Waals surface area (Å²) in [6, 6.07) is 1.88. The maximum Gasteiger partial charge on any atom is 0.272 e. The van der Waals surface area contributed by atoms with Crippen LogP contribution in [0.15, 0.2) is 6.07 Å². The summed E-state index contributed by atoms with van der Waals surface area (Å²) < 4.78 is 1.78. The number of aromatic nitrogens is 2. The molecule has 1 fully saturated rings. The Labute approximate surface area is 108 Å². The first-order valence-corrected chi connectivity index (χ1v) is 6.52. The van der Waals surface area contributed by atoms with Crippen molar-refractivity contribution in [1.82, 2.24) is 20.0 Å². The number of aryl methyl sites for hydroxylation is 2. The van der Waals surface area contributed by atoms with Crippen molar-refractivity contribution in [2.24, 2.45) is 0 Å². The Hall–Kier alpha value is -1.36. The van der Waals surface area contributed by atoms with Crippen LogP contribution >= 0.6 is 0 Å². The first-order chi connectivity index (χ1) is 8.43. The van der Waals surface area contributed by atoms with Gasteiger partial charge in [0.1, 0.15) is 5.69 Å². The molecule has 1 N–H and O–H groups in total. The number of nitrogens with zero attached hydrogens (tertiary/aromatic N) is 3. The molecule has 1 aromatic rings. The third-order valence-corrected chi connectivity index (χ3v) is 3.28. The molecule has 1 aliphatic heterocycles. The van der Waals surface area contributed by atoms with Crippen LogP contribution in [0.25, 0.3) is 0 Å². The van der Waals surface area contributed by atoms with Gasteiger partial charge >= 0.3 is 0 Å². The molecular formula is C13H22N4O. The molecule has 1 aromatic heterocycles. The predicted molar refractivity (Wildman–Crippen MR) is 70.6 cm³/mol. The van der Waals surface area contributed by atoms with Crippen molar-refractivity contribution >= 4 is 5.91 Å². The molecule has 0 aliphatic carbocycles. The lowest BCUT2D eigenvalue weighted by molar-refractivity contribution is 0.0639. The number of piperazine rings is 1. The molecule has 0 saturated carbocycles. The average molecular weight is 250 g/mol. The molecule has 5 heteroatoms. The Morgan fingerprint density at radius 1 is 1.56 bits per heavy atom. The zero-order valence-electron chi connectivity index (χ0n) is 11.7. The van der Waals surface area contributed by atoms with Crippen molar-refractivity contribution in [2.45, 2.75) is 39.8 Å². The summed E-state index contributed by atoms with van der Waals surface area (Å²) in [5, 5.41) is 7.75. The Morgan fingerprint density at radius 3 is 2.89 bits per heavy atom. The molecule has 0 aromatic carbocycles. The molecule has 0 unspecified atom stereocenters. The SMILES string of the molecule is CCn1nc(C)cc1C(=O)N1CCNC(C)(C)C1. The van der Waals surface area contributed by atoms with Crippen molar-refractivity contribution < 1.29 is 4.79 Å². The molecule has 0 spiro atoms. The largest absolute Gasteiger partial charge is 0.334 e. The number of hydrogen-bond acceptors (Lipinski definition) is 3. The minimum Gasteiger partial charge on any atom is -0.334 e. The lowest BCUT2D eigenvalue weighted by Gasteiger charge is -2.39. The van der Waals surface area contributed by atoms with Gasteiger partial charge in [0.25, 0.3) is 5.91 Å². The van der Waals surface area contributed by atoms with Gasteiger partial charge in [0, 0.05) is 31.7 Å². The van der Waals surface area contributed by atoms with E-state index >= 15 is 0 Å². The van der Waals surface area contributed by atoms with E-state index in [9.17, 15) is 4.79 Å². The molecule has 2 rings (SSSR count). The number of rotatable bonds is 2. The monoisotopic (exact) mass is 250 g/mol. The topological polar surface area (TPSA) is 50.2 Å². The van der Waals surface area contributed by atoms with Gasteiger partial charge in [-0.25, -0.2) is 0 Å². The number of nitrogens with one attached hydrogen (secondary N) is 1. The van der Waals surface area contributed by atoms with E-state index in [1.807, 2.05) is 24.8 Å². The third-order valence-electron chi connectivity index (χ3n) is 3.28. The maximum atomic E-state index is 12.5. The molecule has 1 aliphatic rings. The van der Waals surface area contributed by atoms with Crippen LogP contribution in [-0.2, 0) is 6.54 Å². The molecule has 0 bridgehead atoms. The summed E-state index contributed by atoms with van der Waals surface area (Å²) in [6.45, 7) is 11.2. The lowest BCUT2D eigenvalue weighted by Crippen LogP contribution is -2.58. The van der Waals surface area contributed by atoms with Crippen LogP contribution in [0.2, 0.25) is 0 Å². The second kappa shape index (κ2) is 4.72. The van der Waals surface area contributed by atoms with Crippen molar-refractivity contribution in [3.63, 3.8) is 0 Å². The fourth-order valence-electron chi connectivity index (χ4n) is 2.44. The van der Waals surface area contributed by atoms with E-state index < -0.39 is 0 Å². The number of amides is 1. The summed E-state index contributed by atoms with van der Waals surface area (Å²) in [5.74, 6) is 0.0898. The highest BCUT2D eigenvalue weighted by molar-refractivity contribution is 5.92. The Morgan fingerprint density at radius 2 is 2.28 bits per heavy atom. The predicted octanol–water partition coefficient (Wildman–Crippen LogP) is 1.04. The second-order valence-electron chi connectivity index (χ2n) is 5.52. The zero-order valence-corrected chi connectivity index (χ0v) is 11.7. The van der Waals surface area contributed by atoms with Gasteiger partial charge in [-0.05, 0) is 33.8 Å². The summed E-state index contributed by atoms with van der Waals surface area (Å²) >= 11 is 0. The highest BCUT2D eigenvalue weighted by Gasteiger charge is 2.30. The van der Waals surface area contributed by atoms with Gasteiger partial charge in [0.2, 0.25) is 0 Å². The van der Waals surface area contributed by atoms with Crippen molar-refractivity contribution in [2.75, 3.05) is 19.6 Å². The lowest BCUT2D eigenvalue weighted by atomic mass is 10.0. The molecule has 2 heterocycles. The van der Waals surface area contributed by atoms with Crippen LogP contribution in [0.5, 0.6) is 0 Å². The van der Waals surface area contributed by atoms with E-state index in [4.69, 9.17) is 0 Å². The molecule has 0 atom stereocenters. The van der Waals surface area contributed by atoms with E-state index in [-0.39, 0.29) is 11.4 Å². The normalized spacial score (nSPS) is 19.0. The highest BCUT2D eigenvalue weighted by atomic mass is 16.2. The Bertz CT molecular complexity index is 450. The summed E-state index contributed by atoms with van der Waals surface area (Å²) in [7, 11) is 0. The maximum absolute atomic E-state index is 12.5. The molecule has 100 valence electrons.